The number of aromatic nitrogens is 2. The van der Waals surface area contributed by atoms with Crippen molar-refractivity contribution in [2.45, 2.75) is 13.0 Å². The number of benzene rings is 1. The zero-order valence-electron chi connectivity index (χ0n) is 12.1. The molecule has 0 aliphatic carbocycles. The highest BCUT2D eigenvalue weighted by Crippen LogP contribution is 2.09. The van der Waals surface area contributed by atoms with Crippen molar-refractivity contribution >= 4 is 5.95 Å². The van der Waals surface area contributed by atoms with Gasteiger partial charge < -0.3 is 10.2 Å². The molecule has 0 atom stereocenters. The van der Waals surface area contributed by atoms with Crippen LogP contribution >= 0.6 is 0 Å². The van der Waals surface area contributed by atoms with Gasteiger partial charge in [0.2, 0.25) is 5.95 Å². The summed E-state index contributed by atoms with van der Waals surface area (Å²) in [7, 11) is 3.76. The van der Waals surface area contributed by atoms with E-state index in [4.69, 9.17) is 0 Å². The summed E-state index contributed by atoms with van der Waals surface area (Å²) in [6.45, 7) is 1.16. The summed E-state index contributed by atoms with van der Waals surface area (Å²) in [6.07, 6.45) is 2.21. The van der Waals surface area contributed by atoms with Crippen LogP contribution in [0, 0.1) is 11.6 Å². The number of hydrogen-bond acceptors (Lipinski definition) is 4. The van der Waals surface area contributed by atoms with Gasteiger partial charge in [0.05, 0.1) is 5.69 Å². The van der Waals surface area contributed by atoms with E-state index in [2.05, 4.69) is 15.3 Å². The van der Waals surface area contributed by atoms with Crippen molar-refractivity contribution in [2.75, 3.05) is 25.5 Å². The summed E-state index contributed by atoms with van der Waals surface area (Å²) in [6, 6.07) is 5.48. The van der Waals surface area contributed by atoms with E-state index in [1.54, 1.807) is 6.20 Å². The van der Waals surface area contributed by atoms with E-state index in [1.165, 1.54) is 12.1 Å². The zero-order valence-corrected chi connectivity index (χ0v) is 12.1. The van der Waals surface area contributed by atoms with Gasteiger partial charge in [-0.25, -0.2) is 18.7 Å². The molecule has 1 aromatic carbocycles. The summed E-state index contributed by atoms with van der Waals surface area (Å²) in [5, 5.41) is 3.19. The quantitative estimate of drug-likeness (QED) is 0.828. The third kappa shape index (κ3) is 4.46. The van der Waals surface area contributed by atoms with Gasteiger partial charge in [-0.1, -0.05) is 6.07 Å². The van der Waals surface area contributed by atoms with E-state index >= 15 is 0 Å². The average Bonchev–Trinajstić information content (AvgIpc) is 2.45. The monoisotopic (exact) mass is 292 g/mol. The number of rotatable bonds is 6. The number of anilines is 1. The fourth-order valence-corrected chi connectivity index (χ4v) is 1.86. The van der Waals surface area contributed by atoms with Gasteiger partial charge in [-0.2, -0.15) is 0 Å². The molecule has 0 aliphatic heterocycles. The lowest BCUT2D eigenvalue weighted by atomic mass is 10.1. The fraction of sp³-hybridized carbons (Fsp3) is 0.333. The van der Waals surface area contributed by atoms with Crippen LogP contribution in [0.3, 0.4) is 0 Å². The van der Waals surface area contributed by atoms with Crippen LogP contribution in [0.1, 0.15) is 11.3 Å². The van der Waals surface area contributed by atoms with Gasteiger partial charge in [0.1, 0.15) is 11.6 Å². The van der Waals surface area contributed by atoms with Crippen LogP contribution in [0.2, 0.25) is 0 Å². The van der Waals surface area contributed by atoms with Crippen molar-refractivity contribution < 1.29 is 8.78 Å². The smallest absolute Gasteiger partial charge is 0.225 e. The maximum atomic E-state index is 13.4. The van der Waals surface area contributed by atoms with Crippen LogP contribution in [0.5, 0.6) is 0 Å². The molecule has 112 valence electrons. The second kappa shape index (κ2) is 7.08. The minimum absolute atomic E-state index is 0.498. The molecule has 4 nitrogen and oxygen atoms in total. The van der Waals surface area contributed by atoms with Crippen molar-refractivity contribution in [3.8, 4) is 0 Å². The Morgan fingerprint density at radius 3 is 2.71 bits per heavy atom. The average molecular weight is 292 g/mol. The molecule has 6 heteroatoms. The SMILES string of the molecule is CN(C)c1nccc(CNCCc2ccc(F)cc2F)n1. The van der Waals surface area contributed by atoms with E-state index in [9.17, 15) is 8.78 Å². The van der Waals surface area contributed by atoms with Gasteiger partial charge in [-0.05, 0) is 30.7 Å². The molecule has 0 saturated heterocycles. The Kier molecular flexibility index (Phi) is 5.16. The Bertz CT molecular complexity index is 602. The normalized spacial score (nSPS) is 10.7. The maximum absolute atomic E-state index is 13.4. The Morgan fingerprint density at radius 2 is 2.00 bits per heavy atom. The van der Waals surface area contributed by atoms with Crippen molar-refractivity contribution in [1.82, 2.24) is 15.3 Å². The van der Waals surface area contributed by atoms with Crippen LogP contribution in [-0.4, -0.2) is 30.6 Å². The summed E-state index contributed by atoms with van der Waals surface area (Å²) >= 11 is 0. The number of hydrogen-bond donors (Lipinski definition) is 1. The Hall–Kier alpha value is -2.08. The van der Waals surface area contributed by atoms with Crippen LogP contribution < -0.4 is 10.2 Å². The molecule has 1 N–H and O–H groups in total. The molecular formula is C15H18F2N4. The van der Waals surface area contributed by atoms with E-state index in [0.29, 0.717) is 31.0 Å². The van der Waals surface area contributed by atoms with Gasteiger partial charge in [0.15, 0.2) is 0 Å². The molecule has 0 fully saturated rings. The van der Waals surface area contributed by atoms with Crippen molar-refractivity contribution in [1.29, 1.82) is 0 Å². The van der Waals surface area contributed by atoms with Crippen LogP contribution in [0.15, 0.2) is 30.5 Å². The standard InChI is InChI=1S/C15H18F2N4/c1-21(2)15-19-8-6-13(20-15)10-18-7-5-11-3-4-12(16)9-14(11)17/h3-4,6,8-9,18H,5,7,10H2,1-2H3. The van der Waals surface area contributed by atoms with Crippen molar-refractivity contribution in [2.24, 2.45) is 0 Å². The van der Waals surface area contributed by atoms with Crippen molar-refractivity contribution in [3.05, 3.63) is 53.4 Å². The molecule has 2 rings (SSSR count). The molecule has 0 bridgehead atoms. The predicted molar refractivity (Wildman–Crippen MR) is 78.1 cm³/mol. The Labute approximate surface area is 122 Å². The van der Waals surface area contributed by atoms with E-state index < -0.39 is 11.6 Å². The number of halogens is 2. The van der Waals surface area contributed by atoms with E-state index in [-0.39, 0.29) is 0 Å². The van der Waals surface area contributed by atoms with Gasteiger partial charge in [0.25, 0.3) is 0 Å². The predicted octanol–water partition coefficient (Wildman–Crippen LogP) is 2.15. The van der Waals surface area contributed by atoms with Gasteiger partial charge in [-0.3, -0.25) is 0 Å². The van der Waals surface area contributed by atoms with Gasteiger partial charge in [0, 0.05) is 32.9 Å². The highest BCUT2D eigenvalue weighted by Gasteiger charge is 2.04. The summed E-state index contributed by atoms with van der Waals surface area (Å²) in [5.74, 6) is -0.408. The van der Waals surface area contributed by atoms with E-state index in [0.717, 1.165) is 11.8 Å². The lowest BCUT2D eigenvalue weighted by Crippen LogP contribution is -2.19. The minimum atomic E-state index is -0.554. The molecule has 0 aliphatic rings. The molecule has 2 aromatic rings. The maximum Gasteiger partial charge on any atom is 0.225 e. The first-order valence-corrected chi connectivity index (χ1v) is 6.70. The van der Waals surface area contributed by atoms with Crippen LogP contribution in [-0.2, 0) is 13.0 Å². The summed E-state index contributed by atoms with van der Waals surface area (Å²) in [4.78, 5) is 10.3. The van der Waals surface area contributed by atoms with Crippen LogP contribution in [0.25, 0.3) is 0 Å². The second-order valence-electron chi connectivity index (χ2n) is 4.90. The Balaban J connectivity index is 1.83. The Morgan fingerprint density at radius 1 is 1.19 bits per heavy atom. The molecule has 0 amide bonds. The molecular weight excluding hydrogens is 274 g/mol. The van der Waals surface area contributed by atoms with Crippen LogP contribution in [0.4, 0.5) is 14.7 Å². The topological polar surface area (TPSA) is 41.1 Å². The summed E-state index contributed by atoms with van der Waals surface area (Å²) < 4.78 is 26.2. The highest BCUT2D eigenvalue weighted by molar-refractivity contribution is 5.27. The first-order chi connectivity index (χ1) is 10.1. The molecule has 0 radical (unpaired) electrons. The fourth-order valence-electron chi connectivity index (χ4n) is 1.86. The molecule has 0 unspecified atom stereocenters. The van der Waals surface area contributed by atoms with E-state index in [1.807, 2.05) is 25.1 Å². The molecule has 1 heterocycles. The summed E-state index contributed by atoms with van der Waals surface area (Å²) in [5.41, 5.74) is 1.37. The third-order valence-electron chi connectivity index (χ3n) is 2.99. The molecule has 0 spiro atoms. The second-order valence-corrected chi connectivity index (χ2v) is 4.90. The first-order valence-electron chi connectivity index (χ1n) is 6.70. The zero-order chi connectivity index (χ0) is 15.2. The highest BCUT2D eigenvalue weighted by atomic mass is 19.1. The largest absolute Gasteiger partial charge is 0.347 e. The lowest BCUT2D eigenvalue weighted by molar-refractivity contribution is 0.566. The number of nitrogens with one attached hydrogen (secondary N) is 1. The molecule has 0 saturated carbocycles. The first kappa shape index (κ1) is 15.3. The lowest BCUT2D eigenvalue weighted by Gasteiger charge is -2.11. The molecule has 1 aromatic heterocycles. The molecule has 21 heavy (non-hydrogen) atoms. The van der Waals surface area contributed by atoms with Gasteiger partial charge in [-0.15, -0.1) is 0 Å². The minimum Gasteiger partial charge on any atom is -0.347 e. The third-order valence-corrected chi connectivity index (χ3v) is 2.99. The number of nitrogens with zero attached hydrogens (tertiary/aromatic N) is 3. The van der Waals surface area contributed by atoms with Crippen molar-refractivity contribution in [3.63, 3.8) is 0 Å². The van der Waals surface area contributed by atoms with Gasteiger partial charge >= 0.3 is 0 Å².